The number of carbonyl (C=O) groups is 3. The van der Waals surface area contributed by atoms with Gasteiger partial charge < -0.3 is 9.47 Å². The van der Waals surface area contributed by atoms with E-state index in [2.05, 4.69) is 15.9 Å². The first-order chi connectivity index (χ1) is 15.4. The van der Waals surface area contributed by atoms with Crippen LogP contribution >= 0.6 is 39.3 Å². The zero-order chi connectivity index (χ0) is 24.3. The van der Waals surface area contributed by atoms with Crippen LogP contribution in [0.5, 0.6) is 5.75 Å². The number of hydrogen-bond donors (Lipinski definition) is 0. The van der Waals surface area contributed by atoms with Gasteiger partial charge in [0.25, 0.3) is 11.1 Å². The Labute approximate surface area is 208 Å². The summed E-state index contributed by atoms with van der Waals surface area (Å²) in [4.78, 5) is 37.9. The number of rotatable bonds is 6. The number of hydrogen-bond acceptors (Lipinski definition) is 6. The van der Waals surface area contributed by atoms with Crippen molar-refractivity contribution in [2.24, 2.45) is 0 Å². The quantitative estimate of drug-likeness (QED) is 0.312. The average Bonchev–Trinajstić information content (AvgIpc) is 2.94. The predicted molar refractivity (Wildman–Crippen MR) is 128 cm³/mol. The number of amides is 2. The van der Waals surface area contributed by atoms with E-state index in [1.807, 2.05) is 0 Å². The van der Waals surface area contributed by atoms with Crippen LogP contribution in [0, 0.1) is 5.82 Å². The van der Waals surface area contributed by atoms with Crippen LogP contribution in [0.3, 0.4) is 0 Å². The Kier molecular flexibility index (Phi) is 7.87. The van der Waals surface area contributed by atoms with Crippen LogP contribution in [0.2, 0.25) is 5.02 Å². The summed E-state index contributed by atoms with van der Waals surface area (Å²) in [6.45, 7) is 4.83. The molecule has 174 valence electrons. The summed E-state index contributed by atoms with van der Waals surface area (Å²) in [7, 11) is 0. The molecule has 0 unspecified atom stereocenters. The maximum absolute atomic E-state index is 13.0. The van der Waals surface area contributed by atoms with Crippen LogP contribution < -0.4 is 4.74 Å². The van der Waals surface area contributed by atoms with Crippen molar-refractivity contribution in [3.63, 3.8) is 0 Å². The number of ether oxygens (including phenoxy) is 2. The highest BCUT2D eigenvalue weighted by Crippen LogP contribution is 2.38. The predicted octanol–water partition coefficient (Wildman–Crippen LogP) is 6.20. The lowest BCUT2D eigenvalue weighted by atomic mass is 10.2. The highest BCUT2D eigenvalue weighted by Gasteiger charge is 2.37. The fraction of sp³-hybridized carbons (Fsp3) is 0.261. The summed E-state index contributed by atoms with van der Waals surface area (Å²) in [5.41, 5.74) is 0.601. The van der Waals surface area contributed by atoms with Gasteiger partial charge in [0.15, 0.2) is 5.75 Å². The lowest BCUT2D eigenvalue weighted by Crippen LogP contribution is -2.37. The fourth-order valence-electron chi connectivity index (χ4n) is 2.83. The van der Waals surface area contributed by atoms with Gasteiger partial charge in [-0.15, -0.1) is 0 Å². The summed E-state index contributed by atoms with van der Waals surface area (Å²) in [5, 5.41) is -0.271. The Morgan fingerprint density at radius 1 is 1.21 bits per heavy atom. The molecule has 0 atom stereocenters. The van der Waals surface area contributed by atoms with Gasteiger partial charge in [-0.1, -0.05) is 23.7 Å². The molecule has 1 saturated heterocycles. The van der Waals surface area contributed by atoms with Crippen LogP contribution in [-0.2, 0) is 20.9 Å². The van der Waals surface area contributed by atoms with Crippen molar-refractivity contribution in [2.75, 3.05) is 6.54 Å². The zero-order valence-electron chi connectivity index (χ0n) is 18.0. The van der Waals surface area contributed by atoms with Gasteiger partial charge >= 0.3 is 5.97 Å². The molecule has 1 fully saturated rings. The number of imide groups is 1. The molecule has 6 nitrogen and oxygen atoms in total. The van der Waals surface area contributed by atoms with Gasteiger partial charge in [0.2, 0.25) is 0 Å². The third kappa shape index (κ3) is 6.82. The lowest BCUT2D eigenvalue weighted by Gasteiger charge is -2.21. The topological polar surface area (TPSA) is 72.9 Å². The van der Waals surface area contributed by atoms with Gasteiger partial charge in [0.05, 0.1) is 14.4 Å². The van der Waals surface area contributed by atoms with E-state index in [9.17, 15) is 18.8 Å². The summed E-state index contributed by atoms with van der Waals surface area (Å²) >= 11 is 10.5. The Balaban J connectivity index is 1.72. The van der Waals surface area contributed by atoms with Crippen molar-refractivity contribution in [1.29, 1.82) is 0 Å². The molecule has 33 heavy (non-hydrogen) atoms. The molecular weight excluding hydrogens is 537 g/mol. The molecule has 0 spiro atoms. The Morgan fingerprint density at radius 2 is 1.88 bits per heavy atom. The Hall–Kier alpha value is -2.36. The minimum atomic E-state index is -0.724. The molecule has 0 N–H and O–H groups in total. The first-order valence-corrected chi connectivity index (χ1v) is 11.8. The largest absolute Gasteiger partial charge is 0.486 e. The highest BCUT2D eigenvalue weighted by molar-refractivity contribution is 9.10. The molecule has 1 heterocycles. The third-order valence-electron chi connectivity index (χ3n) is 4.20. The fourth-order valence-corrected chi connectivity index (χ4v) is 4.65. The van der Waals surface area contributed by atoms with E-state index in [1.54, 1.807) is 45.0 Å². The molecule has 0 aromatic heterocycles. The summed E-state index contributed by atoms with van der Waals surface area (Å²) in [6.07, 6.45) is 1.51. The highest BCUT2D eigenvalue weighted by atomic mass is 79.9. The number of carbonyl (C=O) groups excluding carboxylic acids is 3. The summed E-state index contributed by atoms with van der Waals surface area (Å²) in [5.74, 6) is -1.20. The standard InChI is InChI=1S/C23H20BrClFNO5S/c1-23(2,3)32-19(28)11-27-21(29)18(33-22(27)30)10-14-8-16(24)20(17(25)9-14)31-12-13-4-6-15(26)7-5-13/h4-10H,11-12H2,1-3H3. The SMILES string of the molecule is CC(C)(C)OC(=O)CN1C(=O)SC(=Cc2cc(Cl)c(OCc3ccc(F)cc3)c(Br)c2)C1=O. The van der Waals surface area contributed by atoms with E-state index in [0.717, 1.165) is 22.2 Å². The Morgan fingerprint density at radius 3 is 2.48 bits per heavy atom. The van der Waals surface area contributed by atoms with Crippen LogP contribution in [0.15, 0.2) is 45.8 Å². The molecule has 2 aromatic rings. The van der Waals surface area contributed by atoms with Gasteiger partial charge in [0, 0.05) is 0 Å². The molecule has 2 aromatic carbocycles. The average molecular weight is 557 g/mol. The van der Waals surface area contributed by atoms with Gasteiger partial charge in [-0.05, 0) is 89.9 Å². The molecule has 1 aliphatic heterocycles. The molecule has 2 amide bonds. The maximum Gasteiger partial charge on any atom is 0.326 e. The second-order valence-electron chi connectivity index (χ2n) is 8.08. The van der Waals surface area contributed by atoms with Gasteiger partial charge in [-0.3, -0.25) is 19.3 Å². The van der Waals surface area contributed by atoms with Crippen LogP contribution in [0.1, 0.15) is 31.9 Å². The molecule has 0 bridgehead atoms. The van der Waals surface area contributed by atoms with Crippen LogP contribution in [0.4, 0.5) is 9.18 Å². The first-order valence-electron chi connectivity index (χ1n) is 9.76. The van der Waals surface area contributed by atoms with Crippen molar-refractivity contribution in [2.45, 2.75) is 33.0 Å². The minimum Gasteiger partial charge on any atom is -0.486 e. The normalized spacial score (nSPS) is 15.3. The summed E-state index contributed by atoms with van der Waals surface area (Å²) < 4.78 is 24.5. The second kappa shape index (κ2) is 10.3. The molecular formula is C23H20BrClFNO5S. The van der Waals surface area contributed by atoms with E-state index in [-0.39, 0.29) is 22.4 Å². The van der Waals surface area contributed by atoms with Crippen LogP contribution in [0.25, 0.3) is 6.08 Å². The summed E-state index contributed by atoms with van der Waals surface area (Å²) in [6, 6.07) is 9.18. The second-order valence-corrected chi connectivity index (χ2v) is 10.3. The van der Waals surface area contributed by atoms with E-state index < -0.39 is 29.3 Å². The molecule has 0 radical (unpaired) electrons. The van der Waals surface area contributed by atoms with E-state index in [4.69, 9.17) is 21.1 Å². The molecule has 1 aliphatic rings. The van der Waals surface area contributed by atoms with E-state index in [1.165, 1.54) is 18.2 Å². The van der Waals surface area contributed by atoms with Gasteiger partial charge in [-0.25, -0.2) is 4.39 Å². The smallest absolute Gasteiger partial charge is 0.326 e. The van der Waals surface area contributed by atoms with Crippen molar-refractivity contribution >= 4 is 62.5 Å². The monoisotopic (exact) mass is 555 g/mol. The number of benzene rings is 2. The van der Waals surface area contributed by atoms with Crippen molar-refractivity contribution in [1.82, 2.24) is 4.90 Å². The van der Waals surface area contributed by atoms with Crippen molar-refractivity contribution in [3.05, 3.63) is 67.7 Å². The number of nitrogens with zero attached hydrogens (tertiary/aromatic N) is 1. The zero-order valence-corrected chi connectivity index (χ0v) is 21.1. The number of thioether (sulfide) groups is 1. The van der Waals surface area contributed by atoms with E-state index >= 15 is 0 Å². The molecule has 0 aliphatic carbocycles. The van der Waals surface area contributed by atoms with E-state index in [0.29, 0.717) is 15.8 Å². The number of esters is 1. The van der Waals surface area contributed by atoms with Crippen molar-refractivity contribution < 1.29 is 28.2 Å². The number of halogens is 3. The molecule has 3 rings (SSSR count). The minimum absolute atomic E-state index is 0.159. The van der Waals surface area contributed by atoms with Gasteiger partial charge in [-0.2, -0.15) is 0 Å². The molecule has 10 heteroatoms. The third-order valence-corrected chi connectivity index (χ3v) is 5.97. The van der Waals surface area contributed by atoms with Crippen molar-refractivity contribution in [3.8, 4) is 5.75 Å². The lowest BCUT2D eigenvalue weighted by molar-refractivity contribution is -0.156. The first kappa shape index (κ1) is 25.3. The molecule has 0 saturated carbocycles. The maximum atomic E-state index is 13.0. The Bertz CT molecular complexity index is 1110. The van der Waals surface area contributed by atoms with Crippen LogP contribution in [-0.4, -0.2) is 34.2 Å². The van der Waals surface area contributed by atoms with Gasteiger partial charge in [0.1, 0.15) is 24.6 Å².